The van der Waals surface area contributed by atoms with E-state index in [2.05, 4.69) is 20.7 Å². The number of nitrogens with zero attached hydrogens (tertiary/aromatic N) is 4. The predicted molar refractivity (Wildman–Crippen MR) is 70.6 cm³/mol. The van der Waals surface area contributed by atoms with Crippen LogP contribution in [0.15, 0.2) is 18.2 Å². The molecule has 0 aliphatic heterocycles. The number of nitrogens with two attached hydrogens (primary N) is 1. The summed E-state index contributed by atoms with van der Waals surface area (Å²) in [5.41, 5.74) is 2.31. The maximum absolute atomic E-state index is 12.7. The van der Waals surface area contributed by atoms with Crippen LogP contribution in [0.5, 0.6) is 0 Å². The van der Waals surface area contributed by atoms with Gasteiger partial charge in [-0.3, -0.25) is 0 Å². The van der Waals surface area contributed by atoms with Crippen LogP contribution in [-0.2, 0) is 25.4 Å². The molecule has 0 spiro atoms. The summed E-state index contributed by atoms with van der Waals surface area (Å²) in [4.78, 5) is 1.15. The Morgan fingerprint density at radius 1 is 1.00 bits per heavy atom. The van der Waals surface area contributed by atoms with Crippen LogP contribution in [0.4, 0.5) is 32.3 Å². The average molecular weight is 354 g/mol. The lowest BCUT2D eigenvalue weighted by Gasteiger charge is -2.14. The molecule has 0 radical (unpaired) electrons. The first-order valence-electron chi connectivity index (χ1n) is 6.59. The molecule has 0 aliphatic rings. The molecular formula is C12H12F6N6. The fourth-order valence-corrected chi connectivity index (χ4v) is 1.83. The lowest BCUT2D eigenvalue weighted by molar-refractivity contribution is -0.143. The predicted octanol–water partition coefficient (Wildman–Crippen LogP) is 2.28. The first kappa shape index (κ1) is 18.0. The second-order valence-corrected chi connectivity index (χ2v) is 4.77. The normalized spacial score (nSPS) is 12.5. The van der Waals surface area contributed by atoms with Gasteiger partial charge in [0.1, 0.15) is 0 Å². The molecule has 12 heteroatoms. The Morgan fingerprint density at radius 2 is 1.58 bits per heavy atom. The summed E-state index contributed by atoms with van der Waals surface area (Å²) >= 11 is 0. The highest BCUT2D eigenvalue weighted by atomic mass is 19.4. The van der Waals surface area contributed by atoms with Crippen molar-refractivity contribution in [3.63, 3.8) is 0 Å². The molecule has 6 nitrogen and oxygen atoms in total. The number of halogens is 6. The van der Waals surface area contributed by atoms with E-state index in [0.29, 0.717) is 12.1 Å². The van der Waals surface area contributed by atoms with E-state index in [4.69, 9.17) is 5.73 Å². The van der Waals surface area contributed by atoms with Crippen molar-refractivity contribution in [3.05, 3.63) is 34.9 Å². The van der Waals surface area contributed by atoms with Crippen LogP contribution in [0.25, 0.3) is 0 Å². The number of nitrogens with one attached hydrogen (secondary N) is 1. The van der Waals surface area contributed by atoms with Gasteiger partial charge in [0.2, 0.25) is 0 Å². The van der Waals surface area contributed by atoms with E-state index in [1.165, 1.54) is 0 Å². The fourth-order valence-electron chi connectivity index (χ4n) is 1.83. The van der Waals surface area contributed by atoms with Crippen molar-refractivity contribution in [2.45, 2.75) is 25.4 Å². The van der Waals surface area contributed by atoms with E-state index in [0.717, 1.165) is 4.80 Å². The van der Waals surface area contributed by atoms with Gasteiger partial charge in [-0.2, -0.15) is 31.1 Å². The van der Waals surface area contributed by atoms with Crippen molar-refractivity contribution in [1.82, 2.24) is 20.2 Å². The maximum atomic E-state index is 12.7. The van der Waals surface area contributed by atoms with Crippen LogP contribution in [0.1, 0.15) is 16.7 Å². The van der Waals surface area contributed by atoms with Crippen LogP contribution >= 0.6 is 0 Å². The van der Waals surface area contributed by atoms with Gasteiger partial charge in [-0.15, -0.1) is 5.10 Å². The van der Waals surface area contributed by atoms with Crippen molar-refractivity contribution in [3.8, 4) is 0 Å². The molecule has 2 rings (SSSR count). The molecule has 2 aromatic rings. The SMILES string of the molecule is NCCn1nnc(NCc2cc(C(F)(F)F)cc(C(F)(F)F)c2)n1. The largest absolute Gasteiger partial charge is 0.416 e. The second-order valence-electron chi connectivity index (χ2n) is 4.77. The maximum Gasteiger partial charge on any atom is 0.416 e. The van der Waals surface area contributed by atoms with E-state index in [-0.39, 0.29) is 37.2 Å². The number of hydrogen-bond donors (Lipinski definition) is 2. The minimum atomic E-state index is -4.89. The minimum absolute atomic E-state index is 0.0329. The summed E-state index contributed by atoms with van der Waals surface area (Å²) in [7, 11) is 0. The number of aromatic nitrogens is 4. The van der Waals surface area contributed by atoms with Crippen molar-refractivity contribution in [1.29, 1.82) is 0 Å². The summed E-state index contributed by atoms with van der Waals surface area (Å²) in [6.07, 6.45) is -9.78. The van der Waals surface area contributed by atoms with Gasteiger partial charge in [0, 0.05) is 13.1 Å². The Labute approximate surface area is 131 Å². The van der Waals surface area contributed by atoms with Crippen molar-refractivity contribution in [2.75, 3.05) is 11.9 Å². The second kappa shape index (κ2) is 6.63. The number of tetrazole rings is 1. The summed E-state index contributed by atoms with van der Waals surface area (Å²) in [5.74, 6) is -0.0329. The molecule has 0 aliphatic carbocycles. The third kappa shape index (κ3) is 4.57. The highest BCUT2D eigenvalue weighted by Gasteiger charge is 2.36. The number of benzene rings is 1. The Kier molecular flexibility index (Phi) is 4.96. The van der Waals surface area contributed by atoms with E-state index < -0.39 is 23.5 Å². The Balaban J connectivity index is 2.22. The van der Waals surface area contributed by atoms with Crippen LogP contribution in [-0.4, -0.2) is 26.8 Å². The Bertz CT molecular complexity index is 660. The molecule has 0 unspecified atom stereocenters. The minimum Gasteiger partial charge on any atom is -0.348 e. The number of anilines is 1. The molecule has 0 saturated heterocycles. The van der Waals surface area contributed by atoms with Crippen molar-refractivity contribution < 1.29 is 26.3 Å². The highest BCUT2D eigenvalue weighted by Crippen LogP contribution is 2.36. The molecule has 0 saturated carbocycles. The van der Waals surface area contributed by atoms with Crippen LogP contribution in [0.3, 0.4) is 0 Å². The molecule has 0 bridgehead atoms. The molecule has 3 N–H and O–H groups in total. The van der Waals surface area contributed by atoms with E-state index in [1.807, 2.05) is 0 Å². The lowest BCUT2D eigenvalue weighted by atomic mass is 10.0. The molecule has 1 heterocycles. The average Bonchev–Trinajstić information content (AvgIpc) is 2.91. The molecule has 1 aromatic heterocycles. The van der Waals surface area contributed by atoms with Crippen molar-refractivity contribution >= 4 is 5.95 Å². The molecule has 1 aromatic carbocycles. The quantitative estimate of drug-likeness (QED) is 0.805. The lowest BCUT2D eigenvalue weighted by Crippen LogP contribution is -2.13. The number of alkyl halides is 6. The third-order valence-electron chi connectivity index (χ3n) is 2.88. The summed E-state index contributed by atoms with van der Waals surface area (Å²) in [5, 5.41) is 13.5. The van der Waals surface area contributed by atoms with Gasteiger partial charge in [0.05, 0.1) is 17.7 Å². The van der Waals surface area contributed by atoms with E-state index in [1.54, 1.807) is 0 Å². The van der Waals surface area contributed by atoms with Crippen molar-refractivity contribution in [2.24, 2.45) is 5.73 Å². The molecule has 0 atom stereocenters. The topological polar surface area (TPSA) is 81.7 Å². The smallest absolute Gasteiger partial charge is 0.348 e. The standard InChI is InChI=1S/C12H12F6N6/c13-11(14,15)8-3-7(4-9(5-8)12(16,17)18)6-20-10-21-23-24(22-10)2-1-19/h3-5H,1-2,6,19H2,(H,20,22). The van der Waals surface area contributed by atoms with Crippen LogP contribution in [0, 0.1) is 0 Å². The monoisotopic (exact) mass is 354 g/mol. The van der Waals surface area contributed by atoms with E-state index in [9.17, 15) is 26.3 Å². The first-order valence-corrected chi connectivity index (χ1v) is 6.59. The van der Waals surface area contributed by atoms with E-state index >= 15 is 0 Å². The van der Waals surface area contributed by atoms with Gasteiger partial charge in [0.15, 0.2) is 0 Å². The van der Waals surface area contributed by atoms with Gasteiger partial charge in [-0.05, 0) is 29.0 Å². The molecular weight excluding hydrogens is 342 g/mol. The zero-order valence-electron chi connectivity index (χ0n) is 12.0. The van der Waals surface area contributed by atoms with Crippen LogP contribution in [0.2, 0.25) is 0 Å². The number of rotatable bonds is 5. The zero-order chi connectivity index (χ0) is 18.0. The van der Waals surface area contributed by atoms with Gasteiger partial charge >= 0.3 is 12.4 Å². The van der Waals surface area contributed by atoms with Gasteiger partial charge < -0.3 is 11.1 Å². The highest BCUT2D eigenvalue weighted by molar-refractivity contribution is 5.35. The summed E-state index contributed by atoms with van der Waals surface area (Å²) in [6, 6.07) is 1.33. The number of hydrogen-bond acceptors (Lipinski definition) is 5. The van der Waals surface area contributed by atoms with Gasteiger partial charge in [-0.25, -0.2) is 0 Å². The fraction of sp³-hybridized carbons (Fsp3) is 0.417. The first-order chi connectivity index (χ1) is 11.1. The zero-order valence-corrected chi connectivity index (χ0v) is 12.0. The summed E-state index contributed by atoms with van der Waals surface area (Å²) < 4.78 is 76.5. The molecule has 132 valence electrons. The van der Waals surface area contributed by atoms with Gasteiger partial charge in [0.25, 0.3) is 5.95 Å². The summed E-state index contributed by atoms with van der Waals surface area (Å²) in [6.45, 7) is 0.191. The molecule has 0 amide bonds. The third-order valence-corrected chi connectivity index (χ3v) is 2.88. The molecule has 24 heavy (non-hydrogen) atoms. The van der Waals surface area contributed by atoms with Crippen LogP contribution < -0.4 is 11.1 Å². The Morgan fingerprint density at radius 3 is 2.08 bits per heavy atom. The van der Waals surface area contributed by atoms with Gasteiger partial charge in [-0.1, -0.05) is 5.10 Å². The molecule has 0 fully saturated rings. The Hall–Kier alpha value is -2.37.